The van der Waals surface area contributed by atoms with Crippen molar-refractivity contribution >= 4 is 17.0 Å². The number of hydrogen-bond acceptors (Lipinski definition) is 6. The van der Waals surface area contributed by atoms with Gasteiger partial charge in [-0.15, -0.1) is 0 Å². The Hall–Kier alpha value is -3.05. The van der Waals surface area contributed by atoms with E-state index in [2.05, 4.69) is 20.1 Å². The zero-order valence-corrected chi connectivity index (χ0v) is 17.1. The zero-order chi connectivity index (χ0) is 22.9. The lowest BCUT2D eigenvalue weighted by atomic mass is 9.91. The molecule has 32 heavy (non-hydrogen) atoms. The summed E-state index contributed by atoms with van der Waals surface area (Å²) in [5, 5.41) is 3.92. The number of nitrogens with zero attached hydrogens (tertiary/aromatic N) is 6. The minimum Gasteiger partial charge on any atom is -0.491 e. The van der Waals surface area contributed by atoms with E-state index in [0.717, 1.165) is 17.3 Å². The predicted octanol–water partition coefficient (Wildman–Crippen LogP) is 4.05. The van der Waals surface area contributed by atoms with E-state index in [0.29, 0.717) is 24.4 Å². The summed E-state index contributed by atoms with van der Waals surface area (Å²) in [5.74, 6) is 0.352. The van der Waals surface area contributed by atoms with Gasteiger partial charge in [0.2, 0.25) is 0 Å². The largest absolute Gasteiger partial charge is 0.491 e. The van der Waals surface area contributed by atoms with Crippen LogP contribution in [0.25, 0.3) is 11.2 Å². The Bertz CT molecular complexity index is 1070. The van der Waals surface area contributed by atoms with Crippen molar-refractivity contribution in [2.24, 2.45) is 11.8 Å². The fourth-order valence-electron chi connectivity index (χ4n) is 3.97. The second kappa shape index (κ2) is 8.83. The number of halogens is 5. The van der Waals surface area contributed by atoms with Crippen molar-refractivity contribution in [3.8, 4) is 5.75 Å². The fourth-order valence-corrected chi connectivity index (χ4v) is 3.97. The summed E-state index contributed by atoms with van der Waals surface area (Å²) in [4.78, 5) is 14.1. The zero-order valence-electron chi connectivity index (χ0n) is 17.1. The third-order valence-corrected chi connectivity index (χ3v) is 5.23. The van der Waals surface area contributed by atoms with Crippen LogP contribution in [0.3, 0.4) is 0 Å². The summed E-state index contributed by atoms with van der Waals surface area (Å²) in [7, 11) is 0. The first kappa shape index (κ1) is 22.2. The lowest BCUT2D eigenvalue weighted by Crippen LogP contribution is -2.42. The Morgan fingerprint density at radius 2 is 2.00 bits per heavy atom. The molecule has 0 bridgehead atoms. The quantitative estimate of drug-likeness (QED) is 0.522. The number of alkyl halides is 5. The number of rotatable bonds is 6. The minimum atomic E-state index is -4.60. The first-order valence-electron chi connectivity index (χ1n) is 10.1. The third-order valence-electron chi connectivity index (χ3n) is 5.23. The molecule has 3 aromatic rings. The van der Waals surface area contributed by atoms with Crippen LogP contribution in [0.5, 0.6) is 5.75 Å². The Balaban J connectivity index is 1.49. The maximum absolute atomic E-state index is 13.2. The summed E-state index contributed by atoms with van der Waals surface area (Å²) < 4.78 is 71.7. The lowest BCUT2D eigenvalue weighted by Gasteiger charge is -2.37. The maximum Gasteiger partial charge on any atom is 0.437 e. The predicted molar refractivity (Wildman–Crippen MR) is 106 cm³/mol. The van der Waals surface area contributed by atoms with Crippen molar-refractivity contribution in [3.63, 3.8) is 0 Å². The molecular formula is C20H21F5N6O. The first-order valence-corrected chi connectivity index (χ1v) is 10.1. The molecule has 1 aliphatic heterocycles. The second-order valence-electron chi connectivity index (χ2n) is 7.93. The van der Waals surface area contributed by atoms with Crippen molar-refractivity contribution in [1.29, 1.82) is 0 Å². The molecule has 3 aromatic heterocycles. The molecule has 0 aromatic carbocycles. The van der Waals surface area contributed by atoms with Crippen LogP contribution in [0.4, 0.5) is 27.8 Å². The monoisotopic (exact) mass is 456 g/mol. The Morgan fingerprint density at radius 3 is 2.75 bits per heavy atom. The van der Waals surface area contributed by atoms with Crippen LogP contribution in [0, 0.1) is 11.8 Å². The first-order chi connectivity index (χ1) is 15.2. The molecule has 7 nitrogen and oxygen atoms in total. The molecule has 4 heterocycles. The van der Waals surface area contributed by atoms with E-state index in [1.165, 1.54) is 18.3 Å². The van der Waals surface area contributed by atoms with Crippen molar-refractivity contribution in [1.82, 2.24) is 24.7 Å². The molecule has 4 rings (SSSR count). The van der Waals surface area contributed by atoms with Crippen LogP contribution < -0.4 is 9.64 Å². The van der Waals surface area contributed by atoms with Gasteiger partial charge in [-0.3, -0.25) is 0 Å². The minimum absolute atomic E-state index is 0.0662. The third kappa shape index (κ3) is 4.89. The van der Waals surface area contributed by atoms with Gasteiger partial charge >= 0.3 is 6.18 Å². The van der Waals surface area contributed by atoms with E-state index in [1.54, 1.807) is 6.20 Å². The Labute approximate surface area is 180 Å². The van der Waals surface area contributed by atoms with Crippen LogP contribution in [0.15, 0.2) is 30.7 Å². The van der Waals surface area contributed by atoms with Crippen LogP contribution in [-0.2, 0) is 12.7 Å². The standard InChI is InChI=1S/C20H21F5N6O/c1-12-5-13(11-32-15-3-2-4-26-18(15)20(23,24)25)9-30(8-12)17-7-27-14-6-28-31(10-16(21)22)19(14)29-17/h2-4,6-7,12-13,16H,5,8-11H2,1H3/t12-,13+/m0/s1. The molecule has 0 amide bonds. The number of ether oxygens (including phenoxy) is 1. The van der Waals surface area contributed by atoms with Crippen molar-refractivity contribution < 1.29 is 26.7 Å². The van der Waals surface area contributed by atoms with Gasteiger partial charge in [0.25, 0.3) is 6.43 Å². The van der Waals surface area contributed by atoms with Crippen molar-refractivity contribution in [2.75, 3.05) is 24.6 Å². The highest BCUT2D eigenvalue weighted by atomic mass is 19.4. The molecular weight excluding hydrogens is 435 g/mol. The van der Waals surface area contributed by atoms with E-state index < -0.39 is 24.8 Å². The number of fused-ring (bicyclic) bond motifs is 1. The fraction of sp³-hybridized carbons (Fsp3) is 0.500. The summed E-state index contributed by atoms with van der Waals surface area (Å²) >= 11 is 0. The van der Waals surface area contributed by atoms with Gasteiger partial charge in [0.1, 0.15) is 23.6 Å². The highest BCUT2D eigenvalue weighted by Gasteiger charge is 2.36. The lowest BCUT2D eigenvalue weighted by molar-refractivity contribution is -0.142. The van der Waals surface area contributed by atoms with Gasteiger partial charge < -0.3 is 9.64 Å². The van der Waals surface area contributed by atoms with Gasteiger partial charge in [-0.1, -0.05) is 6.92 Å². The topological polar surface area (TPSA) is 69.0 Å². The molecule has 1 fully saturated rings. The summed E-state index contributed by atoms with van der Waals surface area (Å²) in [5.41, 5.74) is -0.376. The van der Waals surface area contributed by atoms with Gasteiger partial charge in [-0.25, -0.2) is 28.4 Å². The molecule has 0 unspecified atom stereocenters. The molecule has 0 saturated carbocycles. The smallest absolute Gasteiger partial charge is 0.437 e. The number of hydrogen-bond donors (Lipinski definition) is 0. The summed E-state index contributed by atoms with van der Waals surface area (Å²) in [6.45, 7) is 2.66. The average molecular weight is 456 g/mol. The normalized spacial score (nSPS) is 19.7. The van der Waals surface area contributed by atoms with Crippen LogP contribution in [0.2, 0.25) is 0 Å². The van der Waals surface area contributed by atoms with Crippen LogP contribution >= 0.6 is 0 Å². The molecule has 0 spiro atoms. The molecule has 0 N–H and O–H groups in total. The number of pyridine rings is 1. The van der Waals surface area contributed by atoms with E-state index in [9.17, 15) is 22.0 Å². The highest BCUT2D eigenvalue weighted by molar-refractivity contribution is 5.71. The van der Waals surface area contributed by atoms with E-state index >= 15 is 0 Å². The molecule has 2 atom stereocenters. The second-order valence-corrected chi connectivity index (χ2v) is 7.93. The molecule has 1 saturated heterocycles. The van der Waals surface area contributed by atoms with Gasteiger partial charge in [-0.2, -0.15) is 18.3 Å². The molecule has 0 radical (unpaired) electrons. The SMILES string of the molecule is C[C@H]1C[C@@H](COc2cccnc2C(F)(F)F)CN(c2cnc3cnn(CC(F)F)c3n2)C1. The van der Waals surface area contributed by atoms with E-state index in [1.807, 2.05) is 11.8 Å². The van der Waals surface area contributed by atoms with E-state index in [-0.39, 0.29) is 29.8 Å². The maximum atomic E-state index is 13.2. The molecule has 172 valence electrons. The van der Waals surface area contributed by atoms with Crippen LogP contribution in [0.1, 0.15) is 19.0 Å². The Kier molecular flexibility index (Phi) is 6.11. The number of aromatic nitrogens is 5. The molecule has 0 aliphatic carbocycles. The van der Waals surface area contributed by atoms with Crippen LogP contribution in [-0.4, -0.2) is 50.9 Å². The molecule has 1 aliphatic rings. The van der Waals surface area contributed by atoms with Gasteiger partial charge in [0, 0.05) is 25.2 Å². The van der Waals surface area contributed by atoms with Crippen molar-refractivity contribution in [2.45, 2.75) is 32.5 Å². The number of piperidine rings is 1. The van der Waals surface area contributed by atoms with E-state index in [4.69, 9.17) is 4.74 Å². The van der Waals surface area contributed by atoms with Gasteiger partial charge in [0.15, 0.2) is 11.3 Å². The summed E-state index contributed by atoms with van der Waals surface area (Å²) in [6.07, 6.45) is -2.40. The highest BCUT2D eigenvalue weighted by Crippen LogP contribution is 2.35. The Morgan fingerprint density at radius 1 is 1.19 bits per heavy atom. The van der Waals surface area contributed by atoms with Gasteiger partial charge in [0.05, 0.1) is 19.0 Å². The average Bonchev–Trinajstić information content (AvgIpc) is 3.13. The molecule has 12 heteroatoms. The van der Waals surface area contributed by atoms with Gasteiger partial charge in [-0.05, 0) is 24.5 Å². The summed E-state index contributed by atoms with van der Waals surface area (Å²) in [6, 6.07) is 2.65. The number of anilines is 1. The van der Waals surface area contributed by atoms with Crippen molar-refractivity contribution in [3.05, 3.63) is 36.4 Å².